The van der Waals surface area contributed by atoms with Gasteiger partial charge in [-0.15, -0.1) is 0 Å². The quantitative estimate of drug-likeness (QED) is 0.716. The summed E-state index contributed by atoms with van der Waals surface area (Å²) in [5.74, 6) is -0.355. The lowest BCUT2D eigenvalue weighted by Gasteiger charge is -2.33. The number of nitrogen functional groups attached to an aromatic ring is 1. The first kappa shape index (κ1) is 10.2. The predicted molar refractivity (Wildman–Crippen MR) is 58.4 cm³/mol. The van der Waals surface area contributed by atoms with Gasteiger partial charge in [0.15, 0.2) is 0 Å². The number of morpholine rings is 1. The van der Waals surface area contributed by atoms with Crippen LogP contribution in [0.15, 0.2) is 18.2 Å². The topological polar surface area (TPSA) is 38.5 Å². The molecule has 82 valence electrons. The lowest BCUT2D eigenvalue weighted by atomic mass is 10.2. The minimum Gasteiger partial charge on any atom is -0.395 e. The fourth-order valence-electron chi connectivity index (χ4n) is 1.84. The molecular formula is C11H15FN2O. The van der Waals surface area contributed by atoms with Crippen molar-refractivity contribution in [3.05, 3.63) is 24.0 Å². The Kier molecular flexibility index (Phi) is 2.77. The molecule has 0 amide bonds. The maximum atomic E-state index is 13.2. The van der Waals surface area contributed by atoms with Crippen LogP contribution in [-0.4, -0.2) is 25.8 Å². The zero-order valence-electron chi connectivity index (χ0n) is 8.74. The van der Waals surface area contributed by atoms with Crippen LogP contribution in [0.2, 0.25) is 0 Å². The van der Waals surface area contributed by atoms with Gasteiger partial charge in [-0.1, -0.05) is 6.07 Å². The fourth-order valence-corrected chi connectivity index (χ4v) is 1.84. The number of nitrogens with zero attached hydrogens (tertiary/aromatic N) is 1. The van der Waals surface area contributed by atoms with Gasteiger partial charge in [0.05, 0.1) is 24.1 Å². The maximum absolute atomic E-state index is 13.2. The molecule has 1 aliphatic rings. The van der Waals surface area contributed by atoms with E-state index in [0.717, 1.165) is 18.8 Å². The fraction of sp³-hybridized carbons (Fsp3) is 0.455. The Bertz CT molecular complexity index is 356. The van der Waals surface area contributed by atoms with Gasteiger partial charge in [-0.05, 0) is 19.1 Å². The van der Waals surface area contributed by atoms with Gasteiger partial charge in [0.1, 0.15) is 5.82 Å². The highest BCUT2D eigenvalue weighted by atomic mass is 19.1. The van der Waals surface area contributed by atoms with Crippen LogP contribution in [0.25, 0.3) is 0 Å². The van der Waals surface area contributed by atoms with E-state index in [-0.39, 0.29) is 17.6 Å². The zero-order chi connectivity index (χ0) is 10.8. The standard InChI is InChI=1S/C11H15FN2O/c1-8-7-14(5-6-15-8)10-4-2-3-9(12)11(10)13/h2-4,8H,5-7,13H2,1H3. The van der Waals surface area contributed by atoms with E-state index >= 15 is 0 Å². The van der Waals surface area contributed by atoms with E-state index < -0.39 is 0 Å². The number of ether oxygens (including phenoxy) is 1. The molecule has 0 saturated carbocycles. The largest absolute Gasteiger partial charge is 0.395 e. The number of nitrogens with two attached hydrogens (primary N) is 1. The Balaban J connectivity index is 2.24. The van der Waals surface area contributed by atoms with Crippen LogP contribution in [0.3, 0.4) is 0 Å². The normalized spacial score (nSPS) is 21.7. The third kappa shape index (κ3) is 2.04. The average Bonchev–Trinajstić information content (AvgIpc) is 2.22. The van der Waals surface area contributed by atoms with Crippen molar-refractivity contribution >= 4 is 11.4 Å². The molecule has 1 unspecified atom stereocenters. The summed E-state index contributed by atoms with van der Waals surface area (Å²) in [7, 11) is 0. The van der Waals surface area contributed by atoms with Crippen LogP contribution in [0.1, 0.15) is 6.92 Å². The van der Waals surface area contributed by atoms with Crippen LogP contribution in [-0.2, 0) is 4.74 Å². The van der Waals surface area contributed by atoms with Gasteiger partial charge in [-0.25, -0.2) is 4.39 Å². The number of hydrogen-bond acceptors (Lipinski definition) is 3. The summed E-state index contributed by atoms with van der Waals surface area (Å²) in [6.07, 6.45) is 0.168. The van der Waals surface area contributed by atoms with Gasteiger partial charge >= 0.3 is 0 Å². The maximum Gasteiger partial charge on any atom is 0.148 e. The SMILES string of the molecule is CC1CN(c2cccc(F)c2N)CCO1. The lowest BCUT2D eigenvalue weighted by Crippen LogP contribution is -2.41. The van der Waals surface area contributed by atoms with Crippen molar-refractivity contribution < 1.29 is 9.13 Å². The van der Waals surface area contributed by atoms with E-state index in [2.05, 4.69) is 4.90 Å². The number of para-hydroxylation sites is 1. The van der Waals surface area contributed by atoms with Crippen molar-refractivity contribution in [1.82, 2.24) is 0 Å². The monoisotopic (exact) mass is 210 g/mol. The molecule has 4 heteroatoms. The van der Waals surface area contributed by atoms with Crippen molar-refractivity contribution in [1.29, 1.82) is 0 Å². The van der Waals surface area contributed by atoms with Gasteiger partial charge in [0.25, 0.3) is 0 Å². The van der Waals surface area contributed by atoms with Crippen LogP contribution in [0.5, 0.6) is 0 Å². The predicted octanol–water partition coefficient (Wildman–Crippen LogP) is 1.63. The molecule has 1 fully saturated rings. The molecule has 3 nitrogen and oxygen atoms in total. The Morgan fingerprint density at radius 3 is 3.07 bits per heavy atom. The van der Waals surface area contributed by atoms with E-state index in [1.165, 1.54) is 6.07 Å². The van der Waals surface area contributed by atoms with Crippen molar-refractivity contribution in [3.8, 4) is 0 Å². The highest BCUT2D eigenvalue weighted by Crippen LogP contribution is 2.26. The number of anilines is 2. The molecule has 2 N–H and O–H groups in total. The molecule has 1 aromatic carbocycles. The highest BCUT2D eigenvalue weighted by Gasteiger charge is 2.19. The van der Waals surface area contributed by atoms with E-state index in [1.54, 1.807) is 6.07 Å². The molecule has 0 radical (unpaired) electrons. The van der Waals surface area contributed by atoms with Crippen LogP contribution >= 0.6 is 0 Å². The zero-order valence-corrected chi connectivity index (χ0v) is 8.74. The average molecular weight is 210 g/mol. The lowest BCUT2D eigenvalue weighted by molar-refractivity contribution is 0.0532. The summed E-state index contributed by atoms with van der Waals surface area (Å²) >= 11 is 0. The molecule has 0 aromatic heterocycles. The molecule has 2 rings (SSSR count). The molecule has 1 heterocycles. The molecule has 1 aliphatic heterocycles. The van der Waals surface area contributed by atoms with E-state index in [9.17, 15) is 4.39 Å². The second-order valence-corrected chi connectivity index (χ2v) is 3.80. The van der Waals surface area contributed by atoms with Gasteiger partial charge in [0, 0.05) is 13.1 Å². The van der Waals surface area contributed by atoms with Gasteiger partial charge in [0.2, 0.25) is 0 Å². The van der Waals surface area contributed by atoms with Crippen molar-refractivity contribution in [2.75, 3.05) is 30.3 Å². The molecule has 1 aromatic rings. The smallest absolute Gasteiger partial charge is 0.148 e. The Labute approximate surface area is 88.6 Å². The molecule has 15 heavy (non-hydrogen) atoms. The Hall–Kier alpha value is -1.29. The van der Waals surface area contributed by atoms with Crippen LogP contribution < -0.4 is 10.6 Å². The van der Waals surface area contributed by atoms with Gasteiger partial charge in [-0.2, -0.15) is 0 Å². The Morgan fingerprint density at radius 1 is 1.53 bits per heavy atom. The molecular weight excluding hydrogens is 195 g/mol. The highest BCUT2D eigenvalue weighted by molar-refractivity contribution is 5.68. The van der Waals surface area contributed by atoms with E-state index in [1.807, 2.05) is 13.0 Å². The van der Waals surface area contributed by atoms with Crippen molar-refractivity contribution in [2.45, 2.75) is 13.0 Å². The first-order chi connectivity index (χ1) is 7.18. The van der Waals surface area contributed by atoms with Crippen LogP contribution in [0.4, 0.5) is 15.8 Å². The van der Waals surface area contributed by atoms with Gasteiger partial charge < -0.3 is 15.4 Å². The van der Waals surface area contributed by atoms with Crippen LogP contribution in [0, 0.1) is 5.82 Å². The van der Waals surface area contributed by atoms with E-state index in [0.29, 0.717) is 6.61 Å². The summed E-state index contributed by atoms with van der Waals surface area (Å²) in [6.45, 7) is 4.18. The number of rotatable bonds is 1. The summed E-state index contributed by atoms with van der Waals surface area (Å²) in [4.78, 5) is 2.06. The second kappa shape index (κ2) is 4.06. The molecule has 0 aliphatic carbocycles. The third-order valence-corrected chi connectivity index (χ3v) is 2.61. The Morgan fingerprint density at radius 2 is 2.33 bits per heavy atom. The minimum absolute atomic E-state index is 0.168. The molecule has 0 spiro atoms. The van der Waals surface area contributed by atoms with Crippen molar-refractivity contribution in [2.24, 2.45) is 0 Å². The summed E-state index contributed by atoms with van der Waals surface area (Å²) in [5, 5.41) is 0. The molecule has 1 atom stereocenters. The molecule has 1 saturated heterocycles. The number of halogens is 1. The van der Waals surface area contributed by atoms with Gasteiger partial charge in [-0.3, -0.25) is 0 Å². The second-order valence-electron chi connectivity index (χ2n) is 3.80. The minimum atomic E-state index is -0.355. The first-order valence-electron chi connectivity index (χ1n) is 5.09. The number of benzene rings is 1. The van der Waals surface area contributed by atoms with E-state index in [4.69, 9.17) is 10.5 Å². The first-order valence-corrected chi connectivity index (χ1v) is 5.09. The van der Waals surface area contributed by atoms with Crippen molar-refractivity contribution in [3.63, 3.8) is 0 Å². The third-order valence-electron chi connectivity index (χ3n) is 2.61. The summed E-state index contributed by atoms with van der Waals surface area (Å²) in [5.41, 5.74) is 6.70. The molecule has 0 bridgehead atoms. The summed E-state index contributed by atoms with van der Waals surface area (Å²) < 4.78 is 18.7. The summed E-state index contributed by atoms with van der Waals surface area (Å²) in [6, 6.07) is 4.90. The number of hydrogen-bond donors (Lipinski definition) is 1.